The van der Waals surface area contributed by atoms with E-state index in [-0.39, 0.29) is 30.7 Å². The molecule has 2 aliphatic heterocycles. The van der Waals surface area contributed by atoms with Crippen LogP contribution in [-0.4, -0.2) is 48.7 Å². The smallest absolute Gasteiger partial charge is 0.253 e. The van der Waals surface area contributed by atoms with Crippen molar-refractivity contribution in [3.63, 3.8) is 0 Å². The van der Waals surface area contributed by atoms with Crippen LogP contribution < -0.4 is 5.32 Å². The lowest BCUT2D eigenvalue weighted by atomic mass is 9.78. The Bertz CT molecular complexity index is 576. The lowest BCUT2D eigenvalue weighted by Gasteiger charge is -2.36. The zero-order chi connectivity index (χ0) is 16.4. The molecule has 0 bridgehead atoms. The van der Waals surface area contributed by atoms with Crippen LogP contribution in [0, 0.1) is 30.5 Å². The standard InChI is InChI=1S/C18H25FN2O2.ClH/c1-12-2-3-14(8-17(12)19)18(23)21-6-4-13(5-7-21)16-10-20-9-15(16)11-22;/h2-3,8,13,15-16,20,22H,4-7,9-11H2,1H3;1H/t15-,16-;/m0./s1. The molecule has 0 saturated carbocycles. The first-order valence-electron chi connectivity index (χ1n) is 8.47. The third kappa shape index (κ3) is 3.90. The zero-order valence-corrected chi connectivity index (χ0v) is 14.8. The Hall–Kier alpha value is -1.17. The summed E-state index contributed by atoms with van der Waals surface area (Å²) in [6.07, 6.45) is 1.92. The Morgan fingerprint density at radius 1 is 1.33 bits per heavy atom. The van der Waals surface area contributed by atoms with Gasteiger partial charge in [0.25, 0.3) is 5.91 Å². The van der Waals surface area contributed by atoms with E-state index in [0.29, 0.717) is 42.0 Å². The summed E-state index contributed by atoms with van der Waals surface area (Å²) < 4.78 is 13.7. The van der Waals surface area contributed by atoms with Crippen molar-refractivity contribution < 1.29 is 14.3 Å². The summed E-state index contributed by atoms with van der Waals surface area (Å²) in [4.78, 5) is 14.3. The van der Waals surface area contributed by atoms with Crippen molar-refractivity contribution in [2.24, 2.45) is 17.8 Å². The molecule has 0 spiro atoms. The van der Waals surface area contributed by atoms with Crippen LogP contribution in [0.5, 0.6) is 0 Å². The number of nitrogens with zero attached hydrogens (tertiary/aromatic N) is 1. The Morgan fingerprint density at radius 2 is 2.04 bits per heavy atom. The van der Waals surface area contributed by atoms with Gasteiger partial charge < -0.3 is 15.3 Å². The summed E-state index contributed by atoms with van der Waals surface area (Å²) in [6.45, 7) is 5.22. The number of carbonyl (C=O) groups is 1. The van der Waals surface area contributed by atoms with Crippen molar-refractivity contribution in [1.29, 1.82) is 0 Å². The molecule has 0 aliphatic carbocycles. The molecule has 2 atom stereocenters. The van der Waals surface area contributed by atoms with Crippen molar-refractivity contribution in [3.05, 3.63) is 35.1 Å². The molecule has 2 saturated heterocycles. The molecule has 134 valence electrons. The molecular formula is C18H26ClFN2O2. The summed E-state index contributed by atoms with van der Waals surface area (Å²) in [7, 11) is 0. The minimum Gasteiger partial charge on any atom is -0.396 e. The number of hydrogen-bond donors (Lipinski definition) is 2. The molecule has 0 aromatic heterocycles. The van der Waals surface area contributed by atoms with Crippen LogP contribution >= 0.6 is 12.4 Å². The molecule has 0 radical (unpaired) electrons. The highest BCUT2D eigenvalue weighted by Gasteiger charge is 2.35. The SMILES string of the molecule is Cc1ccc(C(=O)N2CCC([C@@H]3CNC[C@H]3CO)CC2)cc1F.Cl. The van der Waals surface area contributed by atoms with E-state index in [1.807, 2.05) is 4.90 Å². The average molecular weight is 357 g/mol. The zero-order valence-electron chi connectivity index (χ0n) is 14.0. The number of aryl methyl sites for hydroxylation is 1. The molecule has 1 aromatic rings. The van der Waals surface area contributed by atoms with Crippen LogP contribution in [0.15, 0.2) is 18.2 Å². The molecule has 2 N–H and O–H groups in total. The van der Waals surface area contributed by atoms with Crippen molar-refractivity contribution >= 4 is 18.3 Å². The number of piperidine rings is 1. The van der Waals surface area contributed by atoms with Crippen molar-refractivity contribution in [1.82, 2.24) is 10.2 Å². The van der Waals surface area contributed by atoms with Gasteiger partial charge in [-0.25, -0.2) is 4.39 Å². The molecule has 1 aromatic carbocycles. The third-order valence-corrected chi connectivity index (χ3v) is 5.48. The number of amides is 1. The van der Waals surface area contributed by atoms with Gasteiger partial charge in [0.05, 0.1) is 0 Å². The molecule has 6 heteroatoms. The van der Waals surface area contributed by atoms with E-state index in [1.54, 1.807) is 19.1 Å². The normalized spacial score (nSPS) is 24.7. The van der Waals surface area contributed by atoms with Gasteiger partial charge in [0.15, 0.2) is 0 Å². The van der Waals surface area contributed by atoms with E-state index >= 15 is 0 Å². The quantitative estimate of drug-likeness (QED) is 0.873. The Kier molecular flexibility index (Phi) is 6.61. The highest BCUT2D eigenvalue weighted by molar-refractivity contribution is 5.94. The monoisotopic (exact) mass is 356 g/mol. The first-order valence-corrected chi connectivity index (χ1v) is 8.47. The lowest BCUT2D eigenvalue weighted by Crippen LogP contribution is -2.41. The van der Waals surface area contributed by atoms with Gasteiger partial charge in [0.1, 0.15) is 5.82 Å². The number of aliphatic hydroxyl groups is 1. The number of carbonyl (C=O) groups excluding carboxylic acids is 1. The Morgan fingerprint density at radius 3 is 2.67 bits per heavy atom. The molecule has 0 unspecified atom stereocenters. The van der Waals surface area contributed by atoms with Crippen LogP contribution in [0.1, 0.15) is 28.8 Å². The van der Waals surface area contributed by atoms with E-state index in [4.69, 9.17) is 0 Å². The molecular weight excluding hydrogens is 331 g/mol. The van der Waals surface area contributed by atoms with E-state index < -0.39 is 0 Å². The minimum absolute atomic E-state index is 0. The van der Waals surface area contributed by atoms with Gasteiger partial charge in [-0.1, -0.05) is 6.07 Å². The van der Waals surface area contributed by atoms with Crippen molar-refractivity contribution in [2.75, 3.05) is 32.8 Å². The van der Waals surface area contributed by atoms with Gasteiger partial charge in [-0.2, -0.15) is 0 Å². The second-order valence-corrected chi connectivity index (χ2v) is 6.86. The van der Waals surface area contributed by atoms with Gasteiger partial charge in [0.2, 0.25) is 0 Å². The molecule has 2 fully saturated rings. The number of benzene rings is 1. The summed E-state index contributed by atoms with van der Waals surface area (Å²) in [6, 6.07) is 4.70. The van der Waals surface area contributed by atoms with Crippen LogP contribution in [0.3, 0.4) is 0 Å². The maximum absolute atomic E-state index is 13.7. The first kappa shape index (κ1) is 19.2. The molecule has 3 rings (SSSR count). The predicted molar refractivity (Wildman–Crippen MR) is 93.9 cm³/mol. The largest absolute Gasteiger partial charge is 0.396 e. The maximum atomic E-state index is 13.7. The predicted octanol–water partition coefficient (Wildman–Crippen LogP) is 2.24. The molecule has 4 nitrogen and oxygen atoms in total. The Labute approximate surface area is 148 Å². The highest BCUT2D eigenvalue weighted by Crippen LogP contribution is 2.32. The third-order valence-electron chi connectivity index (χ3n) is 5.48. The molecule has 2 heterocycles. The lowest BCUT2D eigenvalue weighted by molar-refractivity contribution is 0.0625. The van der Waals surface area contributed by atoms with Crippen LogP contribution in [-0.2, 0) is 0 Å². The average Bonchev–Trinajstić information content (AvgIpc) is 3.05. The number of nitrogens with one attached hydrogen (secondary N) is 1. The van der Waals surface area contributed by atoms with Crippen molar-refractivity contribution in [2.45, 2.75) is 19.8 Å². The van der Waals surface area contributed by atoms with Gasteiger partial charge in [0, 0.05) is 31.8 Å². The highest BCUT2D eigenvalue weighted by atomic mass is 35.5. The number of halogens is 2. The fourth-order valence-electron chi connectivity index (χ4n) is 3.94. The summed E-state index contributed by atoms with van der Waals surface area (Å²) in [5, 5.41) is 12.8. The van der Waals surface area contributed by atoms with Gasteiger partial charge in [-0.05, 0) is 61.8 Å². The second-order valence-electron chi connectivity index (χ2n) is 6.86. The van der Waals surface area contributed by atoms with Gasteiger partial charge in [-0.15, -0.1) is 12.4 Å². The fraction of sp³-hybridized carbons (Fsp3) is 0.611. The van der Waals surface area contributed by atoms with Crippen LogP contribution in [0.4, 0.5) is 4.39 Å². The maximum Gasteiger partial charge on any atom is 0.253 e. The number of aliphatic hydroxyl groups excluding tert-OH is 1. The van der Waals surface area contributed by atoms with E-state index in [0.717, 1.165) is 25.9 Å². The van der Waals surface area contributed by atoms with Crippen LogP contribution in [0.2, 0.25) is 0 Å². The Balaban J connectivity index is 0.00000208. The minimum atomic E-state index is -0.325. The van der Waals surface area contributed by atoms with Crippen molar-refractivity contribution in [3.8, 4) is 0 Å². The van der Waals surface area contributed by atoms with E-state index in [1.165, 1.54) is 6.07 Å². The van der Waals surface area contributed by atoms with Gasteiger partial charge in [-0.3, -0.25) is 4.79 Å². The topological polar surface area (TPSA) is 52.6 Å². The molecule has 1 amide bonds. The number of rotatable bonds is 3. The van der Waals surface area contributed by atoms with E-state index in [2.05, 4.69) is 5.32 Å². The van der Waals surface area contributed by atoms with E-state index in [9.17, 15) is 14.3 Å². The number of hydrogen-bond acceptors (Lipinski definition) is 3. The number of likely N-dealkylation sites (tertiary alicyclic amines) is 1. The summed E-state index contributed by atoms with van der Waals surface area (Å²) in [5.74, 6) is 1.00. The second kappa shape index (κ2) is 8.28. The first-order chi connectivity index (χ1) is 11.1. The summed E-state index contributed by atoms with van der Waals surface area (Å²) in [5.41, 5.74) is 0.992. The molecule has 2 aliphatic rings. The van der Waals surface area contributed by atoms with Gasteiger partial charge >= 0.3 is 0 Å². The molecule has 24 heavy (non-hydrogen) atoms. The fourth-order valence-corrected chi connectivity index (χ4v) is 3.94. The van der Waals surface area contributed by atoms with Crippen LogP contribution in [0.25, 0.3) is 0 Å². The summed E-state index contributed by atoms with van der Waals surface area (Å²) >= 11 is 0.